The van der Waals surface area contributed by atoms with E-state index < -0.39 is 35.8 Å². The topological polar surface area (TPSA) is 58.6 Å². The van der Waals surface area contributed by atoms with Crippen LogP contribution >= 0.6 is 0 Å². The van der Waals surface area contributed by atoms with E-state index in [1.807, 2.05) is 0 Å². The van der Waals surface area contributed by atoms with Gasteiger partial charge in [0.15, 0.2) is 11.5 Å². The van der Waals surface area contributed by atoms with Crippen LogP contribution < -0.4 is 15.0 Å². The second-order valence-corrected chi connectivity index (χ2v) is 7.35. The minimum atomic E-state index is -5.02. The number of ether oxygens (including phenoxy) is 1. The van der Waals surface area contributed by atoms with Crippen molar-refractivity contribution in [1.82, 2.24) is 5.32 Å². The van der Waals surface area contributed by atoms with Crippen molar-refractivity contribution in [3.63, 3.8) is 0 Å². The summed E-state index contributed by atoms with van der Waals surface area (Å²) in [5.74, 6) is -2.64. The molecule has 1 amide bonds. The summed E-state index contributed by atoms with van der Waals surface area (Å²) in [4.78, 5) is 25.7. The lowest BCUT2D eigenvalue weighted by Crippen LogP contribution is -2.53. The Balaban J connectivity index is 1.89. The smallest absolute Gasteiger partial charge is 0.455 e. The van der Waals surface area contributed by atoms with E-state index in [2.05, 4.69) is 5.32 Å². The van der Waals surface area contributed by atoms with Gasteiger partial charge in [0.2, 0.25) is 0 Å². The number of amides is 1. The summed E-state index contributed by atoms with van der Waals surface area (Å²) < 4.78 is 58.9. The Hall–Kier alpha value is -3.10. The number of ketones is 1. The molecule has 158 valence electrons. The Morgan fingerprint density at radius 2 is 1.90 bits per heavy atom. The first kappa shape index (κ1) is 20.2. The number of anilines is 1. The van der Waals surface area contributed by atoms with Gasteiger partial charge in [-0.3, -0.25) is 9.59 Å². The molecule has 0 spiro atoms. The van der Waals surface area contributed by atoms with E-state index in [4.69, 9.17) is 4.74 Å². The predicted molar refractivity (Wildman–Crippen MR) is 100 cm³/mol. The summed E-state index contributed by atoms with van der Waals surface area (Å²) in [5.41, 5.74) is 0.942. The first-order valence-corrected chi connectivity index (χ1v) is 9.42. The lowest BCUT2D eigenvalue weighted by molar-refractivity contribution is -0.174. The largest absolute Gasteiger partial charge is 0.471 e. The zero-order valence-electron chi connectivity index (χ0n) is 15.9. The van der Waals surface area contributed by atoms with Crippen molar-refractivity contribution in [1.29, 1.82) is 0 Å². The zero-order valence-corrected chi connectivity index (χ0v) is 15.9. The highest BCUT2D eigenvalue weighted by molar-refractivity contribution is 6.01. The molecule has 1 saturated heterocycles. The first-order chi connectivity index (χ1) is 14.2. The molecular weight excluding hydrogens is 404 g/mol. The number of rotatable bonds is 2. The van der Waals surface area contributed by atoms with Gasteiger partial charge in [-0.2, -0.15) is 13.2 Å². The first-order valence-electron chi connectivity index (χ1n) is 9.42. The molecule has 9 heteroatoms. The fraction of sp³-hybridized carbons (Fsp3) is 0.333. The van der Waals surface area contributed by atoms with E-state index >= 15 is 0 Å². The molecule has 4 rings (SSSR count). The Morgan fingerprint density at radius 1 is 1.17 bits per heavy atom. The molecule has 1 N–H and O–H groups in total. The number of halogens is 4. The summed E-state index contributed by atoms with van der Waals surface area (Å²) in [5, 5.41) is 2.10. The molecule has 2 aromatic carbocycles. The van der Waals surface area contributed by atoms with Crippen molar-refractivity contribution in [2.24, 2.45) is 0 Å². The van der Waals surface area contributed by atoms with Crippen LogP contribution in [0.5, 0.6) is 11.5 Å². The van der Waals surface area contributed by atoms with Gasteiger partial charge < -0.3 is 15.0 Å². The molecule has 2 aliphatic heterocycles. The predicted octanol–water partition coefficient (Wildman–Crippen LogP) is 4.52. The number of carbonyl (C=O) groups excluding carboxylic acids is 2. The third-order valence-corrected chi connectivity index (χ3v) is 5.37. The van der Waals surface area contributed by atoms with Gasteiger partial charge in [-0.1, -0.05) is 18.2 Å². The fourth-order valence-corrected chi connectivity index (χ4v) is 4.19. The van der Waals surface area contributed by atoms with E-state index in [9.17, 15) is 27.2 Å². The second-order valence-electron chi connectivity index (χ2n) is 7.35. The van der Waals surface area contributed by atoms with Gasteiger partial charge in [-0.15, -0.1) is 0 Å². The van der Waals surface area contributed by atoms with Crippen LogP contribution in [0.2, 0.25) is 0 Å². The molecule has 2 aliphatic rings. The molecule has 1 fully saturated rings. The van der Waals surface area contributed by atoms with Crippen molar-refractivity contribution in [2.45, 2.75) is 38.0 Å². The third kappa shape index (κ3) is 3.48. The quantitative estimate of drug-likeness (QED) is 0.571. The minimum Gasteiger partial charge on any atom is -0.455 e. The summed E-state index contributed by atoms with van der Waals surface area (Å²) in [6, 6.07) is 7.36. The Kier molecular flexibility index (Phi) is 4.91. The van der Waals surface area contributed by atoms with Crippen LogP contribution in [0, 0.1) is 5.82 Å². The molecule has 2 heterocycles. The van der Waals surface area contributed by atoms with Crippen LogP contribution in [0.4, 0.5) is 23.2 Å². The van der Waals surface area contributed by atoms with Gasteiger partial charge in [0, 0.05) is 23.7 Å². The van der Waals surface area contributed by atoms with Crippen molar-refractivity contribution in [3.8, 4) is 11.5 Å². The number of benzene rings is 2. The summed E-state index contributed by atoms with van der Waals surface area (Å²) in [6.07, 6.45) is -4.24. The molecule has 2 unspecified atom stereocenters. The van der Waals surface area contributed by atoms with Crippen molar-refractivity contribution >= 4 is 17.4 Å². The van der Waals surface area contributed by atoms with Gasteiger partial charge >= 0.3 is 12.1 Å². The minimum absolute atomic E-state index is 0.0746. The summed E-state index contributed by atoms with van der Waals surface area (Å²) in [7, 11) is 0. The number of hydrogen-bond acceptors (Lipinski definition) is 4. The van der Waals surface area contributed by atoms with Crippen molar-refractivity contribution < 1.29 is 31.9 Å². The van der Waals surface area contributed by atoms with Gasteiger partial charge in [0.1, 0.15) is 11.6 Å². The monoisotopic (exact) mass is 422 g/mol. The molecule has 30 heavy (non-hydrogen) atoms. The van der Waals surface area contributed by atoms with E-state index in [0.717, 1.165) is 12.1 Å². The van der Waals surface area contributed by atoms with Crippen LogP contribution in [0.15, 0.2) is 36.4 Å². The highest BCUT2D eigenvalue weighted by Gasteiger charge is 2.45. The van der Waals surface area contributed by atoms with Crippen LogP contribution in [-0.2, 0) is 4.79 Å². The van der Waals surface area contributed by atoms with Crippen LogP contribution in [0.1, 0.15) is 41.7 Å². The zero-order chi connectivity index (χ0) is 21.6. The molecule has 0 saturated carbocycles. The molecule has 0 radical (unpaired) electrons. The highest BCUT2D eigenvalue weighted by atomic mass is 19.4. The van der Waals surface area contributed by atoms with E-state index in [1.165, 1.54) is 6.92 Å². The molecule has 2 atom stereocenters. The van der Waals surface area contributed by atoms with Crippen LogP contribution in [0.25, 0.3) is 0 Å². The normalized spacial score (nSPS) is 20.2. The third-order valence-electron chi connectivity index (χ3n) is 5.37. The second kappa shape index (κ2) is 7.30. The number of nitrogens with one attached hydrogen (secondary N) is 1. The maximum atomic E-state index is 14.2. The van der Waals surface area contributed by atoms with E-state index in [-0.39, 0.29) is 11.3 Å². The van der Waals surface area contributed by atoms with Crippen molar-refractivity contribution in [2.75, 3.05) is 11.4 Å². The number of alkyl halides is 3. The van der Waals surface area contributed by atoms with Gasteiger partial charge in [-0.05, 0) is 31.9 Å². The maximum Gasteiger partial charge on any atom is 0.471 e. The summed E-state index contributed by atoms with van der Waals surface area (Å²) >= 11 is 0. The Labute approximate surface area is 169 Å². The number of fused-ring (bicyclic) bond motifs is 5. The van der Waals surface area contributed by atoms with Gasteiger partial charge in [0.25, 0.3) is 0 Å². The van der Waals surface area contributed by atoms with Crippen molar-refractivity contribution in [3.05, 3.63) is 53.3 Å². The molecular formula is C21H18F4N2O3. The number of Topliss-reactive ketones (excluding diaryl/α,β-unsaturated/α-hetero) is 1. The number of carbonyl (C=O) groups is 2. The van der Waals surface area contributed by atoms with Crippen LogP contribution in [-0.4, -0.2) is 30.5 Å². The standard InChI is InChI=1S/C21H18F4N2O3/c1-11(28)14-9-12(22)10-17-19(14)27-8-4-6-15(26-20(29)21(23,24)25)18(27)13-5-2-3-7-16(13)30-17/h2-3,5,7,9-10,15,18H,4,6,8H2,1H3,(H,26,29). The molecule has 0 aromatic heterocycles. The molecule has 5 nitrogen and oxygen atoms in total. The lowest BCUT2D eigenvalue weighted by Gasteiger charge is -2.43. The number of hydrogen-bond donors (Lipinski definition) is 1. The maximum absolute atomic E-state index is 14.2. The average molecular weight is 422 g/mol. The average Bonchev–Trinajstić information content (AvgIpc) is 2.81. The molecule has 2 aromatic rings. The Morgan fingerprint density at radius 3 is 2.60 bits per heavy atom. The number of nitrogens with zero attached hydrogens (tertiary/aromatic N) is 1. The lowest BCUT2D eigenvalue weighted by atomic mass is 9.88. The summed E-state index contributed by atoms with van der Waals surface area (Å²) in [6.45, 7) is 1.69. The van der Waals surface area contributed by atoms with Gasteiger partial charge in [-0.25, -0.2) is 4.39 Å². The molecule has 0 bridgehead atoms. The Bertz CT molecular complexity index is 1020. The number of para-hydroxylation sites is 1. The molecule has 0 aliphatic carbocycles. The SMILES string of the molecule is CC(=O)c1cc(F)cc2c1N1CCCC(NC(=O)C(F)(F)F)C1c1ccccc1O2. The van der Waals surface area contributed by atoms with E-state index in [0.29, 0.717) is 36.4 Å². The van der Waals surface area contributed by atoms with E-state index in [1.54, 1.807) is 29.2 Å². The van der Waals surface area contributed by atoms with Crippen LogP contribution in [0.3, 0.4) is 0 Å². The highest BCUT2D eigenvalue weighted by Crippen LogP contribution is 2.49. The number of piperidine rings is 1. The van der Waals surface area contributed by atoms with Gasteiger partial charge in [0.05, 0.1) is 17.8 Å². The fourth-order valence-electron chi connectivity index (χ4n) is 4.19.